The monoisotopic (exact) mass is 369 g/mol. The predicted octanol–water partition coefficient (Wildman–Crippen LogP) is 3.84. The summed E-state index contributed by atoms with van der Waals surface area (Å²) in [5.41, 5.74) is 0.160. The van der Waals surface area contributed by atoms with Crippen molar-refractivity contribution in [3.63, 3.8) is 0 Å². The lowest BCUT2D eigenvalue weighted by Gasteiger charge is -2.56. The molecule has 0 amide bonds. The van der Waals surface area contributed by atoms with E-state index in [9.17, 15) is 8.42 Å². The molecule has 6 heteroatoms. The molecule has 4 fully saturated rings. The lowest BCUT2D eigenvalue weighted by atomic mass is 9.50. The molecule has 4 saturated carbocycles. The maximum absolute atomic E-state index is 12.8. The van der Waals surface area contributed by atoms with Gasteiger partial charge < -0.3 is 4.74 Å². The van der Waals surface area contributed by atoms with Gasteiger partial charge in [0.2, 0.25) is 10.0 Å². The van der Waals surface area contributed by atoms with E-state index in [4.69, 9.17) is 16.3 Å². The maximum Gasteiger partial charge on any atom is 0.244 e. The number of hydrogen-bond acceptors (Lipinski definition) is 3. The second kappa shape index (κ2) is 5.89. The molecule has 5 rings (SSSR count). The third kappa shape index (κ3) is 2.95. The van der Waals surface area contributed by atoms with Crippen molar-refractivity contribution in [1.82, 2.24) is 4.72 Å². The Morgan fingerprint density at radius 2 is 1.75 bits per heavy atom. The second-order valence-corrected chi connectivity index (χ2v) is 10.2. The Morgan fingerprint density at radius 1 is 1.17 bits per heavy atom. The topological polar surface area (TPSA) is 55.4 Å². The summed E-state index contributed by atoms with van der Waals surface area (Å²) in [4.78, 5) is 0.127. The summed E-state index contributed by atoms with van der Waals surface area (Å²) in [6.07, 6.45) is 7.59. The van der Waals surface area contributed by atoms with E-state index >= 15 is 0 Å². The van der Waals surface area contributed by atoms with Gasteiger partial charge in [-0.3, -0.25) is 0 Å². The van der Waals surface area contributed by atoms with Crippen LogP contribution in [0.25, 0.3) is 0 Å². The quantitative estimate of drug-likeness (QED) is 0.857. The highest BCUT2D eigenvalue weighted by Gasteiger charge is 2.51. The number of halogens is 1. The molecule has 4 nitrogen and oxygen atoms in total. The fourth-order valence-electron chi connectivity index (χ4n) is 5.69. The van der Waals surface area contributed by atoms with E-state index in [1.807, 2.05) is 0 Å². The Kier molecular flexibility index (Phi) is 4.09. The van der Waals surface area contributed by atoms with Gasteiger partial charge >= 0.3 is 0 Å². The molecule has 1 N–H and O–H groups in total. The van der Waals surface area contributed by atoms with Crippen LogP contribution in [0.4, 0.5) is 0 Å². The molecule has 0 spiro atoms. The minimum atomic E-state index is -3.63. The van der Waals surface area contributed by atoms with Crippen molar-refractivity contribution >= 4 is 21.6 Å². The van der Waals surface area contributed by atoms with Crippen molar-refractivity contribution < 1.29 is 13.2 Å². The van der Waals surface area contributed by atoms with Gasteiger partial charge in [-0.05, 0) is 79.9 Å². The predicted molar refractivity (Wildman–Crippen MR) is 93.8 cm³/mol. The van der Waals surface area contributed by atoms with Crippen LogP contribution in [0, 0.1) is 23.2 Å². The van der Waals surface area contributed by atoms with Crippen LogP contribution in [-0.2, 0) is 10.0 Å². The Labute approximate surface area is 149 Å². The first-order chi connectivity index (χ1) is 11.4. The highest BCUT2D eigenvalue weighted by atomic mass is 35.5. The van der Waals surface area contributed by atoms with Gasteiger partial charge in [0.1, 0.15) is 10.6 Å². The van der Waals surface area contributed by atoms with Crippen LogP contribution in [0.15, 0.2) is 23.1 Å². The fourth-order valence-corrected chi connectivity index (χ4v) is 7.28. The molecule has 0 radical (unpaired) electrons. The number of ether oxygens (including phenoxy) is 1. The molecule has 132 valence electrons. The summed E-state index contributed by atoms with van der Waals surface area (Å²) < 4.78 is 33.7. The second-order valence-electron chi connectivity index (χ2n) is 8.04. The molecule has 4 bridgehead atoms. The highest BCUT2D eigenvalue weighted by molar-refractivity contribution is 7.89. The zero-order valence-corrected chi connectivity index (χ0v) is 15.5. The van der Waals surface area contributed by atoms with Gasteiger partial charge in [0, 0.05) is 11.6 Å². The molecule has 0 heterocycles. The summed E-state index contributed by atoms with van der Waals surface area (Å²) in [7, 11) is -2.16. The third-order valence-electron chi connectivity index (χ3n) is 6.22. The normalized spacial score (nSPS) is 34.5. The van der Waals surface area contributed by atoms with Crippen molar-refractivity contribution in [3.8, 4) is 5.75 Å². The van der Waals surface area contributed by atoms with E-state index in [2.05, 4.69) is 4.72 Å². The first kappa shape index (κ1) is 16.7. The fraction of sp³-hybridized carbons (Fsp3) is 0.667. The molecular formula is C18H24ClNO3S. The summed E-state index contributed by atoms with van der Waals surface area (Å²) in [5, 5.41) is 0.394. The first-order valence-electron chi connectivity index (χ1n) is 8.72. The van der Waals surface area contributed by atoms with Gasteiger partial charge in [0.15, 0.2) is 0 Å². The van der Waals surface area contributed by atoms with E-state index in [0.717, 1.165) is 17.8 Å². The SMILES string of the molecule is COc1ccc(Cl)cc1S(=O)(=O)NCC12CC3CC(CC(C3)C1)C2. The van der Waals surface area contributed by atoms with Crippen LogP contribution in [0.5, 0.6) is 5.75 Å². The highest BCUT2D eigenvalue weighted by Crippen LogP contribution is 2.59. The average molecular weight is 370 g/mol. The van der Waals surface area contributed by atoms with E-state index < -0.39 is 10.0 Å². The zero-order chi connectivity index (χ0) is 16.9. The number of methoxy groups -OCH3 is 1. The number of hydrogen-bond donors (Lipinski definition) is 1. The van der Waals surface area contributed by atoms with Gasteiger partial charge in [0.05, 0.1) is 7.11 Å². The summed E-state index contributed by atoms with van der Waals surface area (Å²) in [6.45, 7) is 0.536. The molecule has 4 aliphatic rings. The Bertz CT molecular complexity index is 711. The Balaban J connectivity index is 1.54. The van der Waals surface area contributed by atoms with Crippen molar-refractivity contribution in [3.05, 3.63) is 23.2 Å². The summed E-state index contributed by atoms with van der Waals surface area (Å²) in [5.74, 6) is 2.75. The number of rotatable bonds is 5. The average Bonchev–Trinajstić information content (AvgIpc) is 2.52. The number of nitrogens with one attached hydrogen (secondary N) is 1. The molecule has 1 aromatic rings. The molecule has 24 heavy (non-hydrogen) atoms. The lowest BCUT2D eigenvalue weighted by Crippen LogP contribution is -2.51. The molecule has 0 aliphatic heterocycles. The lowest BCUT2D eigenvalue weighted by molar-refractivity contribution is -0.0487. The third-order valence-corrected chi connectivity index (χ3v) is 7.87. The molecule has 0 unspecified atom stereocenters. The molecule has 0 aromatic heterocycles. The van der Waals surface area contributed by atoms with Crippen LogP contribution in [0.1, 0.15) is 38.5 Å². The number of sulfonamides is 1. The van der Waals surface area contributed by atoms with Gasteiger partial charge in [-0.2, -0.15) is 0 Å². The van der Waals surface area contributed by atoms with E-state index in [1.165, 1.54) is 51.7 Å². The van der Waals surface area contributed by atoms with Crippen LogP contribution < -0.4 is 9.46 Å². The molecule has 1 aromatic carbocycles. The molecule has 0 saturated heterocycles. The maximum atomic E-state index is 12.8. The van der Waals surface area contributed by atoms with E-state index in [0.29, 0.717) is 17.3 Å². The number of benzene rings is 1. The van der Waals surface area contributed by atoms with Gasteiger partial charge in [-0.15, -0.1) is 0 Å². The van der Waals surface area contributed by atoms with Crippen molar-refractivity contribution in [2.45, 2.75) is 43.4 Å². The van der Waals surface area contributed by atoms with Crippen LogP contribution in [0.2, 0.25) is 5.02 Å². The Morgan fingerprint density at radius 3 is 2.29 bits per heavy atom. The smallest absolute Gasteiger partial charge is 0.244 e. The largest absolute Gasteiger partial charge is 0.495 e. The van der Waals surface area contributed by atoms with Crippen LogP contribution in [-0.4, -0.2) is 22.1 Å². The molecular weight excluding hydrogens is 346 g/mol. The molecule has 4 aliphatic carbocycles. The Hall–Kier alpha value is -0.780. The van der Waals surface area contributed by atoms with Gasteiger partial charge in [0.25, 0.3) is 0 Å². The summed E-state index contributed by atoms with van der Waals surface area (Å²) >= 11 is 5.99. The minimum absolute atomic E-state index is 0.127. The van der Waals surface area contributed by atoms with Crippen molar-refractivity contribution in [2.24, 2.45) is 23.2 Å². The molecule has 0 atom stereocenters. The van der Waals surface area contributed by atoms with Gasteiger partial charge in [-0.1, -0.05) is 11.6 Å². The minimum Gasteiger partial charge on any atom is -0.495 e. The van der Waals surface area contributed by atoms with Crippen LogP contribution >= 0.6 is 11.6 Å². The van der Waals surface area contributed by atoms with Crippen molar-refractivity contribution in [1.29, 1.82) is 0 Å². The first-order valence-corrected chi connectivity index (χ1v) is 10.6. The van der Waals surface area contributed by atoms with E-state index in [1.54, 1.807) is 12.1 Å². The zero-order valence-electron chi connectivity index (χ0n) is 13.9. The van der Waals surface area contributed by atoms with E-state index in [-0.39, 0.29) is 10.3 Å². The standard InChI is InChI=1S/C18H24ClNO3S/c1-23-16-3-2-15(19)7-17(16)24(21,22)20-11-18-8-12-4-13(9-18)6-14(5-12)10-18/h2-3,7,12-14,20H,4-6,8-11H2,1H3. The van der Waals surface area contributed by atoms with Crippen molar-refractivity contribution in [2.75, 3.05) is 13.7 Å². The summed E-state index contributed by atoms with van der Waals surface area (Å²) in [6, 6.07) is 4.70. The van der Waals surface area contributed by atoms with Gasteiger partial charge in [-0.25, -0.2) is 13.1 Å². The van der Waals surface area contributed by atoms with Crippen LogP contribution in [0.3, 0.4) is 0 Å².